The third-order valence-electron chi connectivity index (χ3n) is 6.32. The summed E-state index contributed by atoms with van der Waals surface area (Å²) < 4.78 is 25.4. The Hall–Kier alpha value is -1.53. The first kappa shape index (κ1) is 20.7. The molecule has 2 aliphatic heterocycles. The van der Waals surface area contributed by atoms with Crippen LogP contribution in [0.25, 0.3) is 0 Å². The number of rotatable bonds is 6. The predicted molar refractivity (Wildman–Crippen MR) is 112 cm³/mol. The molecule has 0 aliphatic carbocycles. The maximum absolute atomic E-state index is 13.5. The Bertz CT molecular complexity index is 805. The van der Waals surface area contributed by atoms with Gasteiger partial charge in [0.25, 0.3) is 0 Å². The van der Waals surface area contributed by atoms with Crippen molar-refractivity contribution in [1.82, 2.24) is 10.3 Å². The van der Waals surface area contributed by atoms with Crippen LogP contribution in [0.5, 0.6) is 0 Å². The van der Waals surface area contributed by atoms with E-state index in [1.807, 2.05) is 24.3 Å². The standard InChI is InChI=1S/C23H28ClFN2O2/c24-19-3-1-2-18(14-19)15-26-10-6-22(21-5-4-20(25)16-27-21)7-13-29-23(17-22)8-11-28-12-9-23/h1-5,14,16,26H,6-13,15,17H2. The molecule has 1 unspecified atom stereocenters. The Labute approximate surface area is 176 Å². The zero-order valence-electron chi connectivity index (χ0n) is 16.6. The molecular weight excluding hydrogens is 391 g/mol. The SMILES string of the molecule is Fc1ccc(C2(CCNCc3cccc(Cl)c3)CCOC3(CCOCC3)C2)nc1. The van der Waals surface area contributed by atoms with Gasteiger partial charge in [0.1, 0.15) is 5.82 Å². The van der Waals surface area contributed by atoms with Crippen LogP contribution in [-0.2, 0) is 21.4 Å². The molecular formula is C23H28ClFN2O2. The highest BCUT2D eigenvalue weighted by molar-refractivity contribution is 6.30. The van der Waals surface area contributed by atoms with Crippen LogP contribution in [0, 0.1) is 5.82 Å². The van der Waals surface area contributed by atoms with Gasteiger partial charge in [-0.2, -0.15) is 0 Å². The molecule has 1 atom stereocenters. The van der Waals surface area contributed by atoms with E-state index in [9.17, 15) is 4.39 Å². The molecule has 156 valence electrons. The maximum atomic E-state index is 13.5. The molecule has 0 radical (unpaired) electrons. The third kappa shape index (κ3) is 4.97. The van der Waals surface area contributed by atoms with E-state index >= 15 is 0 Å². The topological polar surface area (TPSA) is 43.4 Å². The average Bonchev–Trinajstić information content (AvgIpc) is 2.72. The van der Waals surface area contributed by atoms with Gasteiger partial charge in [0.2, 0.25) is 0 Å². The normalized spacial score (nSPS) is 23.9. The first-order valence-corrected chi connectivity index (χ1v) is 10.8. The summed E-state index contributed by atoms with van der Waals surface area (Å²) in [5.41, 5.74) is 1.86. The Balaban J connectivity index is 1.48. The molecule has 4 nitrogen and oxygen atoms in total. The summed E-state index contributed by atoms with van der Waals surface area (Å²) in [6.07, 6.45) is 5.88. The fourth-order valence-electron chi connectivity index (χ4n) is 4.74. The number of aromatic nitrogens is 1. The van der Waals surface area contributed by atoms with Crippen molar-refractivity contribution in [3.63, 3.8) is 0 Å². The van der Waals surface area contributed by atoms with Gasteiger partial charge >= 0.3 is 0 Å². The molecule has 1 aromatic heterocycles. The molecule has 1 spiro atoms. The lowest BCUT2D eigenvalue weighted by molar-refractivity contribution is -0.154. The van der Waals surface area contributed by atoms with Crippen molar-refractivity contribution in [3.05, 3.63) is 64.7 Å². The lowest BCUT2D eigenvalue weighted by Crippen LogP contribution is -2.51. The molecule has 2 saturated heterocycles. The van der Waals surface area contributed by atoms with Crippen molar-refractivity contribution in [2.45, 2.75) is 49.7 Å². The molecule has 1 N–H and O–H groups in total. The van der Waals surface area contributed by atoms with Crippen molar-refractivity contribution in [3.8, 4) is 0 Å². The van der Waals surface area contributed by atoms with Gasteiger partial charge < -0.3 is 14.8 Å². The number of pyridine rings is 1. The van der Waals surface area contributed by atoms with Crippen LogP contribution in [0.1, 0.15) is 43.4 Å². The summed E-state index contributed by atoms with van der Waals surface area (Å²) >= 11 is 6.09. The third-order valence-corrected chi connectivity index (χ3v) is 6.56. The number of hydrogen-bond donors (Lipinski definition) is 1. The second-order valence-electron chi connectivity index (χ2n) is 8.27. The van der Waals surface area contributed by atoms with Gasteiger partial charge in [-0.05, 0) is 68.5 Å². The average molecular weight is 419 g/mol. The zero-order chi connectivity index (χ0) is 20.2. The molecule has 2 aromatic rings. The van der Waals surface area contributed by atoms with E-state index in [2.05, 4.69) is 16.4 Å². The van der Waals surface area contributed by atoms with Crippen LogP contribution in [0.3, 0.4) is 0 Å². The summed E-state index contributed by atoms with van der Waals surface area (Å²) in [6.45, 7) is 3.79. The molecule has 1 aromatic carbocycles. The summed E-state index contributed by atoms with van der Waals surface area (Å²) in [6, 6.07) is 11.3. The fraction of sp³-hybridized carbons (Fsp3) is 0.522. The van der Waals surface area contributed by atoms with E-state index in [1.54, 1.807) is 0 Å². The monoisotopic (exact) mass is 418 g/mol. The first-order valence-electron chi connectivity index (χ1n) is 10.4. The van der Waals surface area contributed by atoms with Crippen LogP contribution < -0.4 is 5.32 Å². The van der Waals surface area contributed by atoms with Gasteiger partial charge in [-0.25, -0.2) is 4.39 Å². The Morgan fingerprint density at radius 1 is 1.10 bits per heavy atom. The molecule has 6 heteroatoms. The number of nitrogens with zero attached hydrogens (tertiary/aromatic N) is 1. The molecule has 0 saturated carbocycles. The van der Waals surface area contributed by atoms with Gasteiger partial charge in [-0.3, -0.25) is 4.98 Å². The minimum absolute atomic E-state index is 0.120. The maximum Gasteiger partial charge on any atom is 0.141 e. The minimum Gasteiger partial charge on any atom is -0.381 e. The van der Waals surface area contributed by atoms with Gasteiger partial charge in [0, 0.05) is 42.5 Å². The largest absolute Gasteiger partial charge is 0.381 e. The lowest BCUT2D eigenvalue weighted by Gasteiger charge is -2.49. The highest BCUT2D eigenvalue weighted by Crippen LogP contribution is 2.47. The van der Waals surface area contributed by atoms with Crippen LogP contribution in [0.4, 0.5) is 4.39 Å². The Morgan fingerprint density at radius 3 is 2.72 bits per heavy atom. The van der Waals surface area contributed by atoms with Gasteiger partial charge in [-0.1, -0.05) is 23.7 Å². The summed E-state index contributed by atoms with van der Waals surface area (Å²) in [5, 5.41) is 4.30. The van der Waals surface area contributed by atoms with Crippen LogP contribution in [0.15, 0.2) is 42.6 Å². The van der Waals surface area contributed by atoms with E-state index < -0.39 is 0 Å². The zero-order valence-corrected chi connectivity index (χ0v) is 17.4. The van der Waals surface area contributed by atoms with E-state index in [-0.39, 0.29) is 16.8 Å². The molecule has 0 bridgehead atoms. The fourth-order valence-corrected chi connectivity index (χ4v) is 4.95. The van der Waals surface area contributed by atoms with Crippen molar-refractivity contribution < 1.29 is 13.9 Å². The van der Waals surface area contributed by atoms with Crippen molar-refractivity contribution in [2.75, 3.05) is 26.4 Å². The summed E-state index contributed by atoms with van der Waals surface area (Å²) in [4.78, 5) is 4.49. The van der Waals surface area contributed by atoms with Crippen LogP contribution in [-0.4, -0.2) is 37.0 Å². The van der Waals surface area contributed by atoms with Gasteiger partial charge in [0.05, 0.1) is 11.8 Å². The highest BCUT2D eigenvalue weighted by atomic mass is 35.5. The Kier molecular flexibility index (Phi) is 6.50. The summed E-state index contributed by atoms with van der Waals surface area (Å²) in [7, 11) is 0. The van der Waals surface area contributed by atoms with Crippen molar-refractivity contribution in [2.24, 2.45) is 0 Å². The van der Waals surface area contributed by atoms with E-state index in [4.69, 9.17) is 21.1 Å². The van der Waals surface area contributed by atoms with Crippen LogP contribution >= 0.6 is 11.6 Å². The smallest absolute Gasteiger partial charge is 0.141 e. The number of nitrogens with one attached hydrogen (secondary N) is 1. The number of hydrogen-bond acceptors (Lipinski definition) is 4. The van der Waals surface area contributed by atoms with Crippen molar-refractivity contribution >= 4 is 11.6 Å². The molecule has 2 fully saturated rings. The number of benzene rings is 1. The number of ether oxygens (including phenoxy) is 2. The molecule has 3 heterocycles. The quantitative estimate of drug-likeness (QED) is 0.693. The molecule has 29 heavy (non-hydrogen) atoms. The van der Waals surface area contributed by atoms with Crippen molar-refractivity contribution in [1.29, 1.82) is 0 Å². The van der Waals surface area contributed by atoms with Crippen LogP contribution in [0.2, 0.25) is 5.02 Å². The second kappa shape index (κ2) is 9.09. The molecule has 2 aliphatic rings. The highest BCUT2D eigenvalue weighted by Gasteiger charge is 2.47. The predicted octanol–water partition coefficient (Wildman–Crippen LogP) is 4.65. The van der Waals surface area contributed by atoms with Gasteiger partial charge in [-0.15, -0.1) is 0 Å². The Morgan fingerprint density at radius 2 is 1.97 bits per heavy atom. The van der Waals surface area contributed by atoms with E-state index in [1.165, 1.54) is 17.8 Å². The molecule has 0 amide bonds. The minimum atomic E-state index is -0.296. The second-order valence-corrected chi connectivity index (χ2v) is 8.71. The van der Waals surface area contributed by atoms with E-state index in [0.717, 1.165) is 69.1 Å². The first-order chi connectivity index (χ1) is 14.1. The van der Waals surface area contributed by atoms with Gasteiger partial charge in [0.15, 0.2) is 0 Å². The number of halogens is 2. The summed E-state index contributed by atoms with van der Waals surface area (Å²) in [5.74, 6) is -0.296. The molecule has 4 rings (SSSR count). The van der Waals surface area contributed by atoms with E-state index in [0.29, 0.717) is 6.61 Å². The lowest BCUT2D eigenvalue weighted by atomic mass is 9.66.